The van der Waals surface area contributed by atoms with Crippen LogP contribution in [0.25, 0.3) is 0 Å². The number of nitrogens with two attached hydrogens (primary N) is 1. The fourth-order valence-corrected chi connectivity index (χ4v) is 6.18. The molecular weight excluding hydrogens is 208 g/mol. The van der Waals surface area contributed by atoms with Gasteiger partial charge in [0.05, 0.1) is 0 Å². The van der Waals surface area contributed by atoms with E-state index in [0.29, 0.717) is 5.41 Å². The van der Waals surface area contributed by atoms with Crippen molar-refractivity contribution >= 4 is 0 Å². The molecule has 2 N–H and O–H groups in total. The van der Waals surface area contributed by atoms with Crippen molar-refractivity contribution in [3.63, 3.8) is 0 Å². The summed E-state index contributed by atoms with van der Waals surface area (Å²) in [6.45, 7) is 2.37. The molecule has 2 nitrogen and oxygen atoms in total. The van der Waals surface area contributed by atoms with Crippen LogP contribution < -0.4 is 5.73 Å². The molecule has 0 radical (unpaired) electrons. The van der Waals surface area contributed by atoms with E-state index in [1.54, 1.807) is 0 Å². The van der Waals surface area contributed by atoms with Gasteiger partial charge in [-0.05, 0) is 81.7 Å². The van der Waals surface area contributed by atoms with Crippen molar-refractivity contribution in [1.29, 1.82) is 0 Å². The van der Waals surface area contributed by atoms with Crippen molar-refractivity contribution < 1.29 is 0 Å². The lowest BCUT2D eigenvalue weighted by Gasteiger charge is -2.62. The van der Waals surface area contributed by atoms with Crippen LogP contribution in [0.5, 0.6) is 0 Å². The molecule has 0 aromatic carbocycles. The van der Waals surface area contributed by atoms with Gasteiger partial charge in [-0.25, -0.2) is 0 Å². The van der Waals surface area contributed by atoms with E-state index in [1.165, 1.54) is 51.5 Å². The first-order valence-electron chi connectivity index (χ1n) is 7.56. The van der Waals surface area contributed by atoms with Gasteiger partial charge >= 0.3 is 0 Å². The molecule has 0 aromatic rings. The van der Waals surface area contributed by atoms with E-state index in [-0.39, 0.29) is 5.54 Å². The van der Waals surface area contributed by atoms with Gasteiger partial charge in [0.15, 0.2) is 0 Å². The second-order valence-electron chi connectivity index (χ2n) is 7.84. The fraction of sp³-hybridized carbons (Fsp3) is 1.00. The lowest BCUT2D eigenvalue weighted by atomic mass is 9.44. The molecule has 4 saturated carbocycles. The highest BCUT2D eigenvalue weighted by molar-refractivity contribution is 5.14. The minimum Gasteiger partial charge on any atom is -0.323 e. The number of hydrogen-bond acceptors (Lipinski definition) is 2. The quantitative estimate of drug-likeness (QED) is 0.754. The standard InChI is InChI=1S/C15H26N2/c1-17-3-2-15(16,10-17)14-7-11-4-12(8-14)6-13(5-11)9-14/h11-13H,2-10,16H2,1H3. The van der Waals surface area contributed by atoms with E-state index < -0.39 is 0 Å². The molecule has 1 saturated heterocycles. The summed E-state index contributed by atoms with van der Waals surface area (Å²) in [5.41, 5.74) is 7.59. The highest BCUT2D eigenvalue weighted by atomic mass is 15.2. The molecule has 5 aliphatic rings. The lowest BCUT2D eigenvalue weighted by Crippen LogP contribution is -2.63. The Bertz CT molecular complexity index is 303. The molecule has 17 heavy (non-hydrogen) atoms. The molecule has 0 amide bonds. The minimum absolute atomic E-state index is 0.151. The molecular formula is C15H26N2. The normalized spacial score (nSPS) is 57.9. The zero-order valence-electron chi connectivity index (χ0n) is 11.1. The Hall–Kier alpha value is -0.0800. The second kappa shape index (κ2) is 3.27. The molecule has 96 valence electrons. The zero-order valence-corrected chi connectivity index (χ0v) is 11.1. The summed E-state index contributed by atoms with van der Waals surface area (Å²) in [6, 6.07) is 0. The van der Waals surface area contributed by atoms with E-state index in [1.807, 2.05) is 0 Å². The van der Waals surface area contributed by atoms with Crippen LogP contribution in [0, 0.1) is 23.2 Å². The monoisotopic (exact) mass is 234 g/mol. The van der Waals surface area contributed by atoms with Crippen molar-refractivity contribution in [1.82, 2.24) is 4.90 Å². The number of nitrogens with zero attached hydrogens (tertiary/aromatic N) is 1. The van der Waals surface area contributed by atoms with Crippen molar-refractivity contribution in [3.05, 3.63) is 0 Å². The van der Waals surface area contributed by atoms with Crippen LogP contribution in [0.2, 0.25) is 0 Å². The maximum absolute atomic E-state index is 6.91. The SMILES string of the molecule is CN1CCC(N)(C23CC4CC(CC(C4)C2)C3)C1. The first-order chi connectivity index (χ1) is 8.09. The van der Waals surface area contributed by atoms with Gasteiger partial charge in [0, 0.05) is 12.1 Å². The number of hydrogen-bond donors (Lipinski definition) is 1. The molecule has 4 aliphatic carbocycles. The first kappa shape index (κ1) is 10.8. The third-order valence-corrected chi connectivity index (χ3v) is 6.59. The minimum atomic E-state index is 0.151. The third kappa shape index (κ3) is 1.40. The highest BCUT2D eigenvalue weighted by Crippen LogP contribution is 2.64. The molecule has 1 atom stereocenters. The van der Waals surface area contributed by atoms with E-state index in [4.69, 9.17) is 5.73 Å². The Morgan fingerprint density at radius 1 is 1.00 bits per heavy atom. The van der Waals surface area contributed by atoms with Crippen LogP contribution in [0.4, 0.5) is 0 Å². The predicted octanol–water partition coefficient (Wildman–Crippen LogP) is 2.24. The molecule has 2 heteroatoms. The predicted molar refractivity (Wildman–Crippen MR) is 69.6 cm³/mol. The lowest BCUT2D eigenvalue weighted by molar-refractivity contribution is -0.0943. The summed E-state index contributed by atoms with van der Waals surface area (Å²) in [5, 5.41) is 0. The van der Waals surface area contributed by atoms with Gasteiger partial charge in [-0.2, -0.15) is 0 Å². The van der Waals surface area contributed by atoms with Crippen LogP contribution >= 0.6 is 0 Å². The average molecular weight is 234 g/mol. The van der Waals surface area contributed by atoms with Crippen LogP contribution in [0.15, 0.2) is 0 Å². The summed E-state index contributed by atoms with van der Waals surface area (Å²) in [7, 11) is 2.25. The van der Waals surface area contributed by atoms with Gasteiger partial charge in [0.1, 0.15) is 0 Å². The third-order valence-electron chi connectivity index (χ3n) is 6.59. The van der Waals surface area contributed by atoms with Gasteiger partial charge < -0.3 is 10.6 Å². The summed E-state index contributed by atoms with van der Waals surface area (Å²) in [4.78, 5) is 2.46. The van der Waals surface area contributed by atoms with Gasteiger partial charge in [-0.3, -0.25) is 0 Å². The van der Waals surface area contributed by atoms with E-state index >= 15 is 0 Å². The largest absolute Gasteiger partial charge is 0.323 e. The van der Waals surface area contributed by atoms with Crippen LogP contribution in [0.3, 0.4) is 0 Å². The maximum Gasteiger partial charge on any atom is 0.0352 e. The molecule has 1 heterocycles. The first-order valence-corrected chi connectivity index (χ1v) is 7.56. The van der Waals surface area contributed by atoms with Crippen molar-refractivity contribution in [2.24, 2.45) is 28.9 Å². The number of likely N-dealkylation sites (tertiary alicyclic amines) is 1. The molecule has 0 spiro atoms. The van der Waals surface area contributed by atoms with E-state index in [9.17, 15) is 0 Å². The van der Waals surface area contributed by atoms with Crippen LogP contribution in [-0.2, 0) is 0 Å². The second-order valence-corrected chi connectivity index (χ2v) is 7.84. The average Bonchev–Trinajstić information content (AvgIpc) is 2.58. The molecule has 4 bridgehead atoms. The molecule has 5 fully saturated rings. The number of rotatable bonds is 1. The van der Waals surface area contributed by atoms with Crippen LogP contribution in [-0.4, -0.2) is 30.6 Å². The Labute approximate surface area is 105 Å². The summed E-state index contributed by atoms with van der Waals surface area (Å²) in [6.07, 6.45) is 10.2. The fourth-order valence-electron chi connectivity index (χ4n) is 6.18. The van der Waals surface area contributed by atoms with Gasteiger partial charge in [-0.15, -0.1) is 0 Å². The van der Waals surface area contributed by atoms with Crippen molar-refractivity contribution in [2.75, 3.05) is 20.1 Å². The Kier molecular flexibility index (Phi) is 2.08. The van der Waals surface area contributed by atoms with Gasteiger partial charge in [-0.1, -0.05) is 0 Å². The summed E-state index contributed by atoms with van der Waals surface area (Å²) in [5.74, 6) is 3.10. The zero-order chi connectivity index (χ0) is 11.7. The van der Waals surface area contributed by atoms with Gasteiger partial charge in [0.2, 0.25) is 0 Å². The topological polar surface area (TPSA) is 29.3 Å². The Morgan fingerprint density at radius 2 is 1.53 bits per heavy atom. The van der Waals surface area contributed by atoms with Crippen LogP contribution in [0.1, 0.15) is 44.9 Å². The smallest absolute Gasteiger partial charge is 0.0352 e. The van der Waals surface area contributed by atoms with Crippen molar-refractivity contribution in [3.8, 4) is 0 Å². The van der Waals surface area contributed by atoms with E-state index in [2.05, 4.69) is 11.9 Å². The summed E-state index contributed by atoms with van der Waals surface area (Å²) >= 11 is 0. The Balaban J connectivity index is 1.68. The van der Waals surface area contributed by atoms with Crippen molar-refractivity contribution in [2.45, 2.75) is 50.5 Å². The van der Waals surface area contributed by atoms with E-state index in [0.717, 1.165) is 24.3 Å². The molecule has 1 unspecified atom stereocenters. The highest BCUT2D eigenvalue weighted by Gasteiger charge is 2.60. The molecule has 1 aliphatic heterocycles. The van der Waals surface area contributed by atoms with Gasteiger partial charge in [0.25, 0.3) is 0 Å². The maximum atomic E-state index is 6.91. The molecule has 0 aromatic heterocycles. The number of likely N-dealkylation sites (N-methyl/N-ethyl adjacent to an activating group) is 1. The Morgan fingerprint density at radius 3 is 1.94 bits per heavy atom. The summed E-state index contributed by atoms with van der Waals surface area (Å²) < 4.78 is 0. The molecule has 5 rings (SSSR count).